The molecule has 19 heavy (non-hydrogen) atoms. The molecule has 0 fully saturated rings. The molecule has 0 aromatic heterocycles. The molecule has 0 saturated heterocycles. The highest BCUT2D eigenvalue weighted by Gasteiger charge is 2.18. The molecule has 1 aromatic rings. The number of hydrogen-bond donors (Lipinski definition) is 1. The summed E-state index contributed by atoms with van der Waals surface area (Å²) in [6.07, 6.45) is 0.676. The lowest BCUT2D eigenvalue weighted by atomic mass is 10.2. The van der Waals surface area contributed by atoms with Gasteiger partial charge in [-0.3, -0.25) is 0 Å². The fraction of sp³-hybridized carbons (Fsp3) is 0.538. The molecule has 0 unspecified atom stereocenters. The summed E-state index contributed by atoms with van der Waals surface area (Å²) >= 11 is 1.83. The van der Waals surface area contributed by atoms with E-state index in [-0.39, 0.29) is 11.5 Å². The molecule has 1 aliphatic heterocycles. The maximum absolute atomic E-state index is 11.5. The summed E-state index contributed by atoms with van der Waals surface area (Å²) in [5.74, 6) is 1.54. The predicted molar refractivity (Wildman–Crippen MR) is 82.7 cm³/mol. The van der Waals surface area contributed by atoms with Crippen molar-refractivity contribution in [1.29, 1.82) is 0 Å². The first-order valence-corrected chi connectivity index (χ1v) is 9.30. The monoisotopic (exact) mass is 300 g/mol. The van der Waals surface area contributed by atoms with Crippen molar-refractivity contribution in [1.82, 2.24) is 0 Å². The van der Waals surface area contributed by atoms with Crippen molar-refractivity contribution >= 4 is 33.0 Å². The molecule has 1 aliphatic rings. The van der Waals surface area contributed by atoms with Crippen molar-refractivity contribution in [2.24, 2.45) is 0 Å². The molecule has 106 valence electrons. The molecule has 0 amide bonds. The minimum atomic E-state index is -2.86. The van der Waals surface area contributed by atoms with E-state index in [1.54, 1.807) is 6.92 Å². The van der Waals surface area contributed by atoms with Crippen molar-refractivity contribution in [3.63, 3.8) is 0 Å². The summed E-state index contributed by atoms with van der Waals surface area (Å²) in [7, 11) is -2.86. The molecule has 6 heteroatoms. The molecule has 0 radical (unpaired) electrons. The Hall–Kier alpha value is -0.880. The number of sulfone groups is 1. The average Bonchev–Trinajstić information content (AvgIpc) is 2.39. The quantitative estimate of drug-likeness (QED) is 0.843. The zero-order valence-electron chi connectivity index (χ0n) is 11.1. The molecule has 2 rings (SSSR count). The van der Waals surface area contributed by atoms with Crippen LogP contribution in [0.15, 0.2) is 23.1 Å². The van der Waals surface area contributed by atoms with Crippen molar-refractivity contribution in [2.75, 3.05) is 41.0 Å². The molecule has 0 saturated carbocycles. The Bertz CT molecular complexity index is 544. The van der Waals surface area contributed by atoms with E-state index in [9.17, 15) is 8.42 Å². The molecule has 1 aromatic carbocycles. The van der Waals surface area contributed by atoms with Crippen LogP contribution in [0.3, 0.4) is 0 Å². The van der Waals surface area contributed by atoms with E-state index in [0.29, 0.717) is 6.42 Å². The van der Waals surface area contributed by atoms with Gasteiger partial charge in [-0.2, -0.15) is 0 Å². The molecule has 0 atom stereocenters. The second-order valence-electron chi connectivity index (χ2n) is 4.65. The van der Waals surface area contributed by atoms with E-state index in [1.807, 2.05) is 30.0 Å². The molecule has 2 N–H and O–H groups in total. The SMILES string of the molecule is CCS(=O)(=O)CCCN1CCSc2ccc(N)cc21. The number of rotatable bonds is 5. The first-order chi connectivity index (χ1) is 9.02. The lowest BCUT2D eigenvalue weighted by Gasteiger charge is -2.31. The average molecular weight is 300 g/mol. The highest BCUT2D eigenvalue weighted by Crippen LogP contribution is 2.35. The first-order valence-electron chi connectivity index (χ1n) is 6.49. The van der Waals surface area contributed by atoms with Crippen LogP contribution in [0, 0.1) is 0 Å². The predicted octanol–water partition coefficient (Wildman–Crippen LogP) is 2.01. The third kappa shape index (κ3) is 3.79. The van der Waals surface area contributed by atoms with Crippen LogP contribution in [0.2, 0.25) is 0 Å². The second kappa shape index (κ2) is 6.05. The van der Waals surface area contributed by atoms with Crippen LogP contribution in [0.25, 0.3) is 0 Å². The number of nitrogens with two attached hydrogens (primary N) is 1. The third-order valence-electron chi connectivity index (χ3n) is 3.27. The second-order valence-corrected chi connectivity index (χ2v) is 8.26. The van der Waals surface area contributed by atoms with E-state index in [0.717, 1.165) is 30.2 Å². The number of anilines is 2. The van der Waals surface area contributed by atoms with Gasteiger partial charge in [-0.1, -0.05) is 6.92 Å². The van der Waals surface area contributed by atoms with Gasteiger partial charge in [0.25, 0.3) is 0 Å². The summed E-state index contributed by atoms with van der Waals surface area (Å²) < 4.78 is 23.0. The van der Waals surface area contributed by atoms with Gasteiger partial charge in [0.05, 0.1) is 11.4 Å². The topological polar surface area (TPSA) is 63.4 Å². The molecule has 1 heterocycles. The van der Waals surface area contributed by atoms with Crippen LogP contribution in [0.5, 0.6) is 0 Å². The van der Waals surface area contributed by atoms with E-state index in [1.165, 1.54) is 4.90 Å². The van der Waals surface area contributed by atoms with Gasteiger partial charge >= 0.3 is 0 Å². The highest BCUT2D eigenvalue weighted by molar-refractivity contribution is 7.99. The largest absolute Gasteiger partial charge is 0.399 e. The number of thioether (sulfide) groups is 1. The van der Waals surface area contributed by atoms with Crippen LogP contribution in [0.4, 0.5) is 11.4 Å². The Kier molecular flexibility index (Phi) is 4.62. The summed E-state index contributed by atoms with van der Waals surface area (Å²) in [5, 5.41) is 0. The van der Waals surface area contributed by atoms with Crippen molar-refractivity contribution in [3.05, 3.63) is 18.2 Å². The molecular weight excluding hydrogens is 280 g/mol. The Morgan fingerprint density at radius 3 is 2.95 bits per heavy atom. The van der Waals surface area contributed by atoms with Gasteiger partial charge in [0.2, 0.25) is 0 Å². The Morgan fingerprint density at radius 1 is 1.42 bits per heavy atom. The Labute approximate surface area is 119 Å². The molecule has 0 aliphatic carbocycles. The summed E-state index contributed by atoms with van der Waals surface area (Å²) in [6.45, 7) is 3.42. The smallest absolute Gasteiger partial charge is 0.150 e. The van der Waals surface area contributed by atoms with Gasteiger partial charge in [-0.05, 0) is 24.6 Å². The zero-order chi connectivity index (χ0) is 13.9. The standard InChI is InChI=1S/C13H20N2O2S2/c1-2-19(16,17)9-3-6-15-7-8-18-13-5-4-11(14)10-12(13)15/h4-5,10H,2-3,6-9,14H2,1H3. The van der Waals surface area contributed by atoms with Crippen LogP contribution in [0.1, 0.15) is 13.3 Å². The Balaban J connectivity index is 2.02. The normalized spacial score (nSPS) is 15.3. The lowest BCUT2D eigenvalue weighted by molar-refractivity contribution is 0.594. The maximum Gasteiger partial charge on any atom is 0.150 e. The van der Waals surface area contributed by atoms with E-state index in [4.69, 9.17) is 5.73 Å². The third-order valence-corrected chi connectivity index (χ3v) is 6.10. The minimum Gasteiger partial charge on any atom is -0.399 e. The lowest BCUT2D eigenvalue weighted by Crippen LogP contribution is -2.31. The molecule has 0 bridgehead atoms. The van der Waals surface area contributed by atoms with Crippen LogP contribution < -0.4 is 10.6 Å². The van der Waals surface area contributed by atoms with Crippen LogP contribution >= 0.6 is 11.8 Å². The number of nitrogens with zero attached hydrogens (tertiary/aromatic N) is 1. The van der Waals surface area contributed by atoms with Gasteiger partial charge in [0, 0.05) is 35.2 Å². The van der Waals surface area contributed by atoms with Crippen LogP contribution in [-0.2, 0) is 9.84 Å². The van der Waals surface area contributed by atoms with Crippen molar-refractivity contribution in [2.45, 2.75) is 18.2 Å². The fourth-order valence-electron chi connectivity index (χ4n) is 2.14. The highest BCUT2D eigenvalue weighted by atomic mass is 32.2. The number of benzene rings is 1. The number of hydrogen-bond acceptors (Lipinski definition) is 5. The van der Waals surface area contributed by atoms with Crippen LogP contribution in [-0.4, -0.2) is 38.8 Å². The van der Waals surface area contributed by atoms with E-state index < -0.39 is 9.84 Å². The number of nitrogen functional groups attached to an aromatic ring is 1. The van der Waals surface area contributed by atoms with E-state index >= 15 is 0 Å². The van der Waals surface area contributed by atoms with E-state index in [2.05, 4.69) is 4.90 Å². The van der Waals surface area contributed by atoms with Crippen molar-refractivity contribution in [3.8, 4) is 0 Å². The first kappa shape index (κ1) is 14.5. The van der Waals surface area contributed by atoms with Crippen molar-refractivity contribution < 1.29 is 8.42 Å². The molecular formula is C13H20N2O2S2. The van der Waals surface area contributed by atoms with Gasteiger partial charge in [0.15, 0.2) is 0 Å². The summed E-state index contributed by atoms with van der Waals surface area (Å²) in [6, 6.07) is 5.94. The minimum absolute atomic E-state index is 0.229. The number of fused-ring (bicyclic) bond motifs is 1. The zero-order valence-corrected chi connectivity index (χ0v) is 12.8. The van der Waals surface area contributed by atoms with Gasteiger partial charge in [-0.25, -0.2) is 8.42 Å². The maximum atomic E-state index is 11.5. The Morgan fingerprint density at radius 2 is 2.21 bits per heavy atom. The fourth-order valence-corrected chi connectivity index (χ4v) is 4.03. The van der Waals surface area contributed by atoms with Gasteiger partial charge in [0.1, 0.15) is 9.84 Å². The molecule has 0 spiro atoms. The molecule has 4 nitrogen and oxygen atoms in total. The van der Waals surface area contributed by atoms with Gasteiger partial charge in [-0.15, -0.1) is 11.8 Å². The summed E-state index contributed by atoms with van der Waals surface area (Å²) in [4.78, 5) is 3.48. The van der Waals surface area contributed by atoms with Gasteiger partial charge < -0.3 is 10.6 Å². The summed E-state index contributed by atoms with van der Waals surface area (Å²) in [5.41, 5.74) is 7.73.